The quantitative estimate of drug-likeness (QED) is 0.0261. The smallest absolute Gasteiger partial charge is 0.220 e. The molecule has 6 N–H and O–H groups in total. The average molecular weight is 936 g/mol. The first-order valence-electron chi connectivity index (χ1n) is 28.6. The van der Waals surface area contributed by atoms with E-state index >= 15 is 0 Å². The Balaban J connectivity index is 2.24. The summed E-state index contributed by atoms with van der Waals surface area (Å²) in [5, 5.41) is 54.5. The number of unbranched alkanes of at least 4 members (excludes halogenated alkanes) is 37. The number of rotatable bonds is 49. The monoisotopic (exact) mass is 936 g/mol. The molecule has 1 fully saturated rings. The Hall–Kier alpha value is -1.33. The minimum absolute atomic E-state index is 0.177. The van der Waals surface area contributed by atoms with Gasteiger partial charge in [0.1, 0.15) is 24.4 Å². The van der Waals surface area contributed by atoms with Gasteiger partial charge in [0, 0.05) is 6.42 Å². The average Bonchev–Trinajstić information content (AvgIpc) is 3.32. The summed E-state index contributed by atoms with van der Waals surface area (Å²) in [6, 6.07) is -0.806. The highest BCUT2D eigenvalue weighted by molar-refractivity contribution is 5.76. The van der Waals surface area contributed by atoms with Gasteiger partial charge >= 0.3 is 0 Å². The van der Waals surface area contributed by atoms with Crippen LogP contribution in [0.1, 0.15) is 277 Å². The van der Waals surface area contributed by atoms with E-state index in [4.69, 9.17) is 9.47 Å². The van der Waals surface area contributed by atoms with Gasteiger partial charge in [-0.25, -0.2) is 0 Å². The number of hydrogen-bond acceptors (Lipinski definition) is 8. The van der Waals surface area contributed by atoms with Gasteiger partial charge in [0.2, 0.25) is 5.91 Å². The van der Waals surface area contributed by atoms with Crippen LogP contribution >= 0.6 is 0 Å². The number of aliphatic hydroxyl groups excluding tert-OH is 5. The van der Waals surface area contributed by atoms with Gasteiger partial charge in [0.15, 0.2) is 6.29 Å². The van der Waals surface area contributed by atoms with Crippen molar-refractivity contribution in [2.24, 2.45) is 0 Å². The number of carbonyl (C=O) groups excluding carboxylic acids is 1. The summed E-state index contributed by atoms with van der Waals surface area (Å²) in [6.07, 6.45) is 52.4. The van der Waals surface area contributed by atoms with Crippen molar-refractivity contribution in [3.8, 4) is 0 Å². The van der Waals surface area contributed by atoms with E-state index in [-0.39, 0.29) is 12.5 Å². The van der Waals surface area contributed by atoms with Crippen molar-refractivity contribution in [2.75, 3.05) is 13.2 Å². The van der Waals surface area contributed by atoms with Crippen molar-refractivity contribution >= 4 is 5.91 Å². The molecule has 7 atom stereocenters. The number of allylic oxidation sites excluding steroid dienone is 3. The largest absolute Gasteiger partial charge is 0.394 e. The van der Waals surface area contributed by atoms with Crippen molar-refractivity contribution in [2.45, 2.75) is 320 Å². The maximum absolute atomic E-state index is 13.0. The Morgan fingerprint density at radius 2 is 0.848 bits per heavy atom. The van der Waals surface area contributed by atoms with E-state index in [2.05, 4.69) is 31.3 Å². The van der Waals surface area contributed by atoms with E-state index in [0.29, 0.717) is 6.42 Å². The number of ether oxygens (including phenoxy) is 2. The summed E-state index contributed by atoms with van der Waals surface area (Å²) >= 11 is 0. The predicted octanol–water partition coefficient (Wildman–Crippen LogP) is 13.8. The van der Waals surface area contributed by atoms with Crippen LogP contribution in [-0.2, 0) is 14.3 Å². The highest BCUT2D eigenvalue weighted by Crippen LogP contribution is 2.23. The third-order valence-electron chi connectivity index (χ3n) is 13.8. The van der Waals surface area contributed by atoms with Crippen LogP contribution in [0.2, 0.25) is 0 Å². The molecule has 0 radical (unpaired) electrons. The maximum Gasteiger partial charge on any atom is 0.220 e. The van der Waals surface area contributed by atoms with Crippen molar-refractivity contribution in [1.29, 1.82) is 0 Å². The molecule has 7 unspecified atom stereocenters. The minimum Gasteiger partial charge on any atom is -0.394 e. The molecule has 9 nitrogen and oxygen atoms in total. The summed E-state index contributed by atoms with van der Waals surface area (Å²) in [6.45, 7) is 3.81. The third kappa shape index (κ3) is 36.6. The maximum atomic E-state index is 13.0. The number of amides is 1. The van der Waals surface area contributed by atoms with E-state index < -0.39 is 49.5 Å². The molecule has 1 saturated heterocycles. The molecule has 66 heavy (non-hydrogen) atoms. The molecule has 0 aromatic heterocycles. The van der Waals surface area contributed by atoms with E-state index in [1.54, 1.807) is 6.08 Å². The molecule has 0 saturated carbocycles. The van der Waals surface area contributed by atoms with Gasteiger partial charge in [-0.3, -0.25) is 4.79 Å². The SMILES string of the molecule is CCCCCCCCCCC/C=C\CCCCCCCCCC(=O)NC(COC1OC(CO)C(O)C(O)C1O)C(O)/C=C/CCCCCCCCCCCCCCCCCCCCCCC. The van der Waals surface area contributed by atoms with Crippen molar-refractivity contribution in [3.05, 3.63) is 24.3 Å². The molecule has 0 aromatic carbocycles. The third-order valence-corrected chi connectivity index (χ3v) is 13.8. The Kier molecular flexibility index (Phi) is 45.0. The fourth-order valence-corrected chi connectivity index (χ4v) is 9.21. The van der Waals surface area contributed by atoms with Crippen LogP contribution in [-0.4, -0.2) is 87.5 Å². The summed E-state index contributed by atoms with van der Waals surface area (Å²) in [5.74, 6) is -0.177. The Labute approximate surface area is 407 Å². The van der Waals surface area contributed by atoms with E-state index in [0.717, 1.165) is 38.5 Å². The highest BCUT2D eigenvalue weighted by Gasteiger charge is 2.44. The van der Waals surface area contributed by atoms with Gasteiger partial charge in [-0.05, 0) is 44.9 Å². The molecule has 1 aliphatic rings. The molecule has 390 valence electrons. The molecule has 0 aromatic rings. The second-order valence-electron chi connectivity index (χ2n) is 20.1. The van der Waals surface area contributed by atoms with Gasteiger partial charge < -0.3 is 40.3 Å². The first kappa shape index (κ1) is 62.7. The normalized spacial score (nSPS) is 19.9. The van der Waals surface area contributed by atoms with E-state index in [9.17, 15) is 30.3 Å². The first-order chi connectivity index (χ1) is 32.3. The van der Waals surface area contributed by atoms with Crippen molar-refractivity contribution in [1.82, 2.24) is 5.32 Å². The first-order valence-corrected chi connectivity index (χ1v) is 28.6. The van der Waals surface area contributed by atoms with Crippen LogP contribution in [0, 0.1) is 0 Å². The minimum atomic E-state index is -1.57. The zero-order valence-corrected chi connectivity index (χ0v) is 43.2. The van der Waals surface area contributed by atoms with Gasteiger partial charge in [0.05, 0.1) is 25.4 Å². The zero-order valence-electron chi connectivity index (χ0n) is 43.2. The number of hydrogen-bond donors (Lipinski definition) is 6. The van der Waals surface area contributed by atoms with Crippen LogP contribution in [0.5, 0.6) is 0 Å². The molecule has 0 aliphatic carbocycles. The lowest BCUT2D eigenvalue weighted by Gasteiger charge is -2.40. The number of carbonyl (C=O) groups is 1. The predicted molar refractivity (Wildman–Crippen MR) is 277 cm³/mol. The molecule has 1 aliphatic heterocycles. The standard InChI is InChI=1S/C57H109NO8/c1-3-5-7-9-11-13-15-17-19-21-23-25-26-27-28-30-32-34-36-38-40-42-44-46-51(60)50(49-65-57-56(64)55(63)54(62)52(48-59)66-57)58-53(61)47-45-43-41-39-37-35-33-31-29-24-22-20-18-16-14-12-10-8-6-4-2/h24,29,44,46,50-52,54-57,59-60,62-64H,3-23,25-28,30-43,45,47-49H2,1-2H3,(H,58,61)/b29-24-,46-44+. The topological polar surface area (TPSA) is 149 Å². The second kappa shape index (κ2) is 47.4. The number of aliphatic hydroxyl groups is 5. The fourth-order valence-electron chi connectivity index (χ4n) is 9.21. The molecule has 0 bridgehead atoms. The molecule has 1 heterocycles. The van der Waals surface area contributed by atoms with Gasteiger partial charge in [-0.2, -0.15) is 0 Å². The zero-order chi connectivity index (χ0) is 48.0. The summed E-state index contributed by atoms with van der Waals surface area (Å²) in [7, 11) is 0. The van der Waals surface area contributed by atoms with Gasteiger partial charge in [0.25, 0.3) is 0 Å². The van der Waals surface area contributed by atoms with Crippen molar-refractivity contribution < 1.29 is 39.8 Å². The Bertz CT molecular complexity index is 1090. The molecule has 9 heteroatoms. The lowest BCUT2D eigenvalue weighted by atomic mass is 9.99. The van der Waals surface area contributed by atoms with Crippen LogP contribution in [0.15, 0.2) is 24.3 Å². The van der Waals surface area contributed by atoms with Crippen LogP contribution in [0.25, 0.3) is 0 Å². The van der Waals surface area contributed by atoms with Gasteiger partial charge in [-0.15, -0.1) is 0 Å². The lowest BCUT2D eigenvalue weighted by molar-refractivity contribution is -0.302. The van der Waals surface area contributed by atoms with Crippen LogP contribution < -0.4 is 5.32 Å². The Morgan fingerprint density at radius 1 is 0.500 bits per heavy atom. The van der Waals surface area contributed by atoms with E-state index in [1.807, 2.05) is 6.08 Å². The molecule has 0 spiro atoms. The van der Waals surface area contributed by atoms with Crippen LogP contribution in [0.3, 0.4) is 0 Å². The molecule has 1 amide bonds. The van der Waals surface area contributed by atoms with E-state index in [1.165, 1.54) is 218 Å². The Morgan fingerprint density at radius 3 is 1.23 bits per heavy atom. The van der Waals surface area contributed by atoms with Gasteiger partial charge in [-0.1, -0.05) is 250 Å². The second-order valence-corrected chi connectivity index (χ2v) is 20.1. The van der Waals surface area contributed by atoms with Crippen LogP contribution in [0.4, 0.5) is 0 Å². The lowest BCUT2D eigenvalue weighted by Crippen LogP contribution is -2.60. The molecular formula is C57H109NO8. The summed E-state index contributed by atoms with van der Waals surface area (Å²) < 4.78 is 11.3. The summed E-state index contributed by atoms with van der Waals surface area (Å²) in [5.41, 5.74) is 0. The number of nitrogens with one attached hydrogen (secondary N) is 1. The van der Waals surface area contributed by atoms with Crippen molar-refractivity contribution in [3.63, 3.8) is 0 Å². The summed E-state index contributed by atoms with van der Waals surface area (Å²) in [4.78, 5) is 13.0. The molecular weight excluding hydrogens is 827 g/mol. The fraction of sp³-hybridized carbons (Fsp3) is 0.912. The highest BCUT2D eigenvalue weighted by atomic mass is 16.7. The molecule has 1 rings (SSSR count).